The number of nitrogens with zero attached hydrogens (tertiary/aromatic N) is 3. The van der Waals surface area contributed by atoms with Crippen LogP contribution in [0.2, 0.25) is 0 Å². The zero-order chi connectivity index (χ0) is 15.8. The average Bonchev–Trinajstić information content (AvgIpc) is 2.94. The van der Waals surface area contributed by atoms with Gasteiger partial charge in [-0.25, -0.2) is 4.79 Å². The molecule has 1 heterocycles. The van der Waals surface area contributed by atoms with Crippen molar-refractivity contribution in [2.75, 3.05) is 6.61 Å². The van der Waals surface area contributed by atoms with E-state index in [2.05, 4.69) is 24.2 Å². The third kappa shape index (κ3) is 5.31. The molecule has 0 saturated carbocycles. The zero-order valence-corrected chi connectivity index (χ0v) is 13.2. The zero-order valence-electron chi connectivity index (χ0n) is 13.2. The smallest absolute Gasteiger partial charge is 0.338 e. The number of carbonyl (C=O) groups excluding carboxylic acids is 1. The highest BCUT2D eigenvalue weighted by Crippen LogP contribution is 2.06. The summed E-state index contributed by atoms with van der Waals surface area (Å²) in [5.74, 6) is 1.05. The maximum atomic E-state index is 11.7. The van der Waals surface area contributed by atoms with Gasteiger partial charge in [0.1, 0.15) is 0 Å². The van der Waals surface area contributed by atoms with Crippen molar-refractivity contribution in [2.45, 2.75) is 39.7 Å². The molecule has 0 aliphatic carbocycles. The Hall–Kier alpha value is -2.17. The molecule has 5 nitrogen and oxygen atoms in total. The van der Waals surface area contributed by atoms with Crippen LogP contribution in [0.4, 0.5) is 0 Å². The minimum absolute atomic E-state index is 0.266. The fourth-order valence-corrected chi connectivity index (χ4v) is 2.09. The maximum Gasteiger partial charge on any atom is 0.338 e. The van der Waals surface area contributed by atoms with Crippen molar-refractivity contribution in [1.82, 2.24) is 15.0 Å². The summed E-state index contributed by atoms with van der Waals surface area (Å²) in [5, 5.41) is 8.23. The Morgan fingerprint density at radius 3 is 2.68 bits per heavy atom. The van der Waals surface area contributed by atoms with E-state index in [-0.39, 0.29) is 5.97 Å². The maximum absolute atomic E-state index is 11.7. The van der Waals surface area contributed by atoms with Crippen molar-refractivity contribution in [2.24, 2.45) is 0 Å². The summed E-state index contributed by atoms with van der Waals surface area (Å²) in [6.07, 6.45) is 4.56. The van der Waals surface area contributed by atoms with Gasteiger partial charge in [0, 0.05) is 12.7 Å². The van der Waals surface area contributed by atoms with Gasteiger partial charge in [-0.3, -0.25) is 4.68 Å². The molecule has 0 aliphatic heterocycles. The van der Waals surface area contributed by atoms with Gasteiger partial charge in [-0.05, 0) is 37.3 Å². The topological polar surface area (TPSA) is 57.0 Å². The van der Waals surface area contributed by atoms with E-state index in [1.54, 1.807) is 12.1 Å². The highest BCUT2D eigenvalue weighted by Gasteiger charge is 2.06. The largest absolute Gasteiger partial charge is 0.462 e. The second kappa shape index (κ2) is 8.32. The number of carbonyl (C=O) groups is 1. The first kappa shape index (κ1) is 16.2. The summed E-state index contributed by atoms with van der Waals surface area (Å²) in [5.41, 5.74) is 1.59. The summed E-state index contributed by atoms with van der Waals surface area (Å²) in [4.78, 5) is 11.7. The fourth-order valence-electron chi connectivity index (χ4n) is 2.09. The average molecular weight is 300 g/mol. The molecule has 0 fully saturated rings. The Morgan fingerprint density at radius 2 is 1.95 bits per heavy atom. The van der Waals surface area contributed by atoms with Crippen LogP contribution in [-0.2, 0) is 17.7 Å². The van der Waals surface area contributed by atoms with E-state index >= 15 is 0 Å². The summed E-state index contributed by atoms with van der Waals surface area (Å²) in [7, 11) is 0. The molecule has 0 unspecified atom stereocenters. The van der Waals surface area contributed by atoms with E-state index in [9.17, 15) is 4.79 Å². The number of aryl methyl sites for hydroxylation is 1. The first-order chi connectivity index (χ1) is 10.6. The number of rotatable bonds is 8. The number of esters is 1. The van der Waals surface area contributed by atoms with Gasteiger partial charge in [0.25, 0.3) is 0 Å². The molecule has 2 aromatic rings. The van der Waals surface area contributed by atoms with Crippen LogP contribution < -0.4 is 0 Å². The van der Waals surface area contributed by atoms with Crippen molar-refractivity contribution < 1.29 is 9.53 Å². The van der Waals surface area contributed by atoms with Gasteiger partial charge in [-0.15, -0.1) is 5.10 Å². The van der Waals surface area contributed by atoms with Crippen LogP contribution in [0.3, 0.4) is 0 Å². The monoisotopic (exact) mass is 300 g/mol. The minimum Gasteiger partial charge on any atom is -0.462 e. The lowest BCUT2D eigenvalue weighted by Gasteiger charge is -2.04. The predicted octanol–water partition coefficient (Wildman–Crippen LogP) is 3.07. The lowest BCUT2D eigenvalue weighted by molar-refractivity contribution is 0.0497. The van der Waals surface area contributed by atoms with E-state index < -0.39 is 0 Å². The van der Waals surface area contributed by atoms with Crippen molar-refractivity contribution in [3.63, 3.8) is 0 Å². The van der Waals surface area contributed by atoms with Crippen LogP contribution in [0, 0.1) is 5.92 Å². The van der Waals surface area contributed by atoms with Gasteiger partial charge >= 0.3 is 5.97 Å². The molecule has 0 aliphatic rings. The Morgan fingerprint density at radius 1 is 1.18 bits per heavy atom. The lowest BCUT2D eigenvalue weighted by atomic mass is 10.1. The molecule has 0 saturated heterocycles. The predicted molar refractivity (Wildman–Crippen MR) is 84.3 cm³/mol. The molecule has 2 rings (SSSR count). The van der Waals surface area contributed by atoms with E-state index in [4.69, 9.17) is 4.74 Å². The standard InChI is InChI=1S/C17H22N3O2/c1-14(2)12-16-13-20(19-18-16)10-6-7-11-22-17(21)15-8-4-3-5-9-15/h3-5,8-9,13H,6-7,10-12H2,1-2H3. The van der Waals surface area contributed by atoms with E-state index in [0.29, 0.717) is 12.2 Å². The molecule has 22 heavy (non-hydrogen) atoms. The molecule has 117 valence electrons. The third-order valence-electron chi connectivity index (χ3n) is 3.14. The van der Waals surface area contributed by atoms with Gasteiger partial charge in [-0.1, -0.05) is 37.3 Å². The third-order valence-corrected chi connectivity index (χ3v) is 3.14. The molecule has 0 spiro atoms. The summed E-state index contributed by atoms with van der Waals surface area (Å²) in [6.45, 7) is 5.38. The van der Waals surface area contributed by atoms with Gasteiger partial charge in [0.15, 0.2) is 0 Å². The van der Waals surface area contributed by atoms with Gasteiger partial charge in [0.2, 0.25) is 0 Å². The van der Waals surface area contributed by atoms with Crippen molar-refractivity contribution >= 4 is 5.97 Å². The second-order valence-corrected chi connectivity index (χ2v) is 5.57. The summed E-state index contributed by atoms with van der Waals surface area (Å²) in [6, 6.07) is 9.04. The number of ether oxygens (including phenoxy) is 1. The number of hydrogen-bond donors (Lipinski definition) is 0. The van der Waals surface area contributed by atoms with Crippen LogP contribution >= 0.6 is 0 Å². The summed E-state index contributed by atoms with van der Waals surface area (Å²) >= 11 is 0. The molecule has 5 heteroatoms. The normalized spacial score (nSPS) is 10.9. The molecule has 1 aromatic carbocycles. The van der Waals surface area contributed by atoms with Crippen LogP contribution in [0.25, 0.3) is 0 Å². The van der Waals surface area contributed by atoms with Crippen molar-refractivity contribution in [3.8, 4) is 0 Å². The Kier molecular flexibility index (Phi) is 6.13. The van der Waals surface area contributed by atoms with E-state index in [0.717, 1.165) is 31.5 Å². The quantitative estimate of drug-likeness (QED) is 0.555. The molecular weight excluding hydrogens is 278 g/mol. The van der Waals surface area contributed by atoms with Crippen LogP contribution in [0.5, 0.6) is 0 Å². The van der Waals surface area contributed by atoms with E-state index in [1.807, 2.05) is 29.1 Å². The number of aromatic nitrogens is 3. The molecule has 0 amide bonds. The molecule has 0 N–H and O–H groups in total. The minimum atomic E-state index is -0.266. The van der Waals surface area contributed by atoms with Crippen LogP contribution in [0.15, 0.2) is 36.5 Å². The highest BCUT2D eigenvalue weighted by atomic mass is 16.5. The van der Waals surface area contributed by atoms with Crippen molar-refractivity contribution in [1.29, 1.82) is 0 Å². The SMILES string of the molecule is C[C](C)Cc1cn(CCCCOC(=O)c2ccccc2)nn1. The van der Waals surface area contributed by atoms with Gasteiger partial charge in [0.05, 0.1) is 17.9 Å². The fraction of sp³-hybridized carbons (Fsp3) is 0.412. The number of benzene rings is 1. The number of unbranched alkanes of at least 4 members (excludes halogenated alkanes) is 1. The Balaban J connectivity index is 1.63. The first-order valence-electron chi connectivity index (χ1n) is 7.55. The van der Waals surface area contributed by atoms with Crippen molar-refractivity contribution in [3.05, 3.63) is 53.7 Å². The molecular formula is C17H22N3O2. The Labute approximate surface area is 131 Å². The Bertz CT molecular complexity index is 579. The highest BCUT2D eigenvalue weighted by molar-refractivity contribution is 5.89. The van der Waals surface area contributed by atoms with Gasteiger partial charge in [-0.2, -0.15) is 0 Å². The molecule has 1 aromatic heterocycles. The molecule has 1 radical (unpaired) electrons. The van der Waals surface area contributed by atoms with Gasteiger partial charge < -0.3 is 4.74 Å². The lowest BCUT2D eigenvalue weighted by Crippen LogP contribution is -2.07. The molecule has 0 atom stereocenters. The second-order valence-electron chi connectivity index (χ2n) is 5.57. The van der Waals surface area contributed by atoms with Crippen LogP contribution in [-0.4, -0.2) is 27.6 Å². The van der Waals surface area contributed by atoms with Crippen LogP contribution in [0.1, 0.15) is 42.7 Å². The first-order valence-corrected chi connectivity index (χ1v) is 7.55. The molecule has 0 bridgehead atoms. The van der Waals surface area contributed by atoms with E-state index in [1.165, 1.54) is 5.92 Å². The number of hydrogen-bond acceptors (Lipinski definition) is 4. The summed E-state index contributed by atoms with van der Waals surface area (Å²) < 4.78 is 7.08.